The number of aliphatic hydroxyl groups excluding tert-OH is 1. The van der Waals surface area contributed by atoms with Crippen molar-refractivity contribution in [1.29, 1.82) is 0 Å². The Morgan fingerprint density at radius 3 is 2.41 bits per heavy atom. The lowest BCUT2D eigenvalue weighted by Gasteiger charge is -2.41. The molecular weight excluding hydrogens is 690 g/mol. The molecule has 10 atom stereocenters. The number of aliphatic hydroxyl groups is 1. The Morgan fingerprint density at radius 1 is 1.16 bits per heavy atom. The summed E-state index contributed by atoms with van der Waals surface area (Å²) >= 11 is 3.75. The van der Waals surface area contributed by atoms with E-state index >= 15 is 0 Å². The molecule has 1 aromatic rings. The molecule has 270 valence electrons. The van der Waals surface area contributed by atoms with Crippen LogP contribution >= 0.6 is 15.9 Å². The monoisotopic (exact) mass is 743 g/mol. The van der Waals surface area contributed by atoms with Crippen molar-refractivity contribution in [3.8, 4) is 0 Å². The third kappa shape index (κ3) is 7.26. The smallest absolute Gasteiger partial charge is 0.313 e. The van der Waals surface area contributed by atoms with Crippen molar-refractivity contribution in [1.82, 2.24) is 14.7 Å². The first-order chi connectivity index (χ1) is 23.3. The lowest BCUT2D eigenvalue weighted by atomic mass is 9.70. The fourth-order valence-corrected chi connectivity index (χ4v) is 9.02. The molecule has 0 radical (unpaired) electrons. The molecule has 4 rings (SSSR count). The SMILES string of the molecule is C=CCCC(=O)N(C)[C@@H](C)[C@@H](OC(=O)[C@H]1[C@@H]2O[C@@]3(CC2Br)[C@@H]1C(=O)N([C@@H](CO)C(C)C)[C@@H]3C(=O)N(CC=C)C(C)CCC)c1ccccc1. The minimum absolute atomic E-state index is 0.111. The van der Waals surface area contributed by atoms with Crippen LogP contribution in [0.1, 0.15) is 78.4 Å². The maximum Gasteiger partial charge on any atom is 0.313 e. The molecule has 3 aliphatic heterocycles. The summed E-state index contributed by atoms with van der Waals surface area (Å²) in [6.45, 7) is 17.2. The van der Waals surface area contributed by atoms with Gasteiger partial charge in [0.1, 0.15) is 17.7 Å². The van der Waals surface area contributed by atoms with Gasteiger partial charge >= 0.3 is 5.97 Å². The van der Waals surface area contributed by atoms with Crippen molar-refractivity contribution in [2.45, 2.75) is 114 Å². The maximum atomic E-state index is 14.8. The zero-order chi connectivity index (χ0) is 36.2. The van der Waals surface area contributed by atoms with Gasteiger partial charge < -0.3 is 29.3 Å². The number of benzene rings is 1. The van der Waals surface area contributed by atoms with Gasteiger partial charge in [0.2, 0.25) is 17.7 Å². The number of hydrogen-bond acceptors (Lipinski definition) is 7. The highest BCUT2D eigenvalue weighted by Gasteiger charge is 2.77. The van der Waals surface area contributed by atoms with Crippen LogP contribution < -0.4 is 0 Å². The standard InChI is InChI=1S/C38H54BrN3O7/c1-9-12-19-29(44)40(8)25(7)32(26-17-14-13-15-18-26)48-37(47)30-31-35(45)42(28(22-43)23(4)5)34(38(31)21-27(39)33(30)49-38)36(46)41(20-11-3)24(6)16-10-2/h9,11,13-15,17-18,23-25,27-28,30-34,43H,1,3,10,12,16,19-22H2,2,4-8H3/t24?,25-,27?,28-,30+,31-,32+,33+,34+,38-/m0/s1. The lowest BCUT2D eigenvalue weighted by molar-refractivity contribution is -0.165. The molecule has 1 spiro atoms. The van der Waals surface area contributed by atoms with Crippen LogP contribution in [-0.4, -0.2) is 104 Å². The van der Waals surface area contributed by atoms with Crippen molar-refractivity contribution in [2.75, 3.05) is 20.2 Å². The predicted molar refractivity (Wildman–Crippen MR) is 191 cm³/mol. The van der Waals surface area contributed by atoms with Crippen LogP contribution in [0.2, 0.25) is 0 Å². The highest BCUT2D eigenvalue weighted by atomic mass is 79.9. The molecule has 11 heteroatoms. The number of carbonyl (C=O) groups is 4. The van der Waals surface area contributed by atoms with E-state index in [2.05, 4.69) is 36.0 Å². The van der Waals surface area contributed by atoms with Crippen LogP contribution in [0.15, 0.2) is 55.6 Å². The van der Waals surface area contributed by atoms with Gasteiger partial charge in [-0.2, -0.15) is 0 Å². The first-order valence-corrected chi connectivity index (χ1v) is 18.5. The van der Waals surface area contributed by atoms with E-state index in [1.54, 1.807) is 29.0 Å². The van der Waals surface area contributed by atoms with Gasteiger partial charge in [-0.15, -0.1) is 13.2 Å². The molecule has 2 unspecified atom stereocenters. The highest BCUT2D eigenvalue weighted by Crippen LogP contribution is 2.61. The number of esters is 1. The van der Waals surface area contributed by atoms with Gasteiger partial charge in [0.25, 0.3) is 0 Å². The zero-order valence-corrected chi connectivity index (χ0v) is 31.4. The summed E-state index contributed by atoms with van der Waals surface area (Å²) in [5.74, 6) is -3.59. The van der Waals surface area contributed by atoms with Gasteiger partial charge in [-0.05, 0) is 44.6 Å². The molecule has 3 amide bonds. The number of alkyl halides is 1. The highest BCUT2D eigenvalue weighted by molar-refractivity contribution is 9.09. The predicted octanol–water partition coefficient (Wildman–Crippen LogP) is 5.05. The van der Waals surface area contributed by atoms with Gasteiger partial charge in [-0.3, -0.25) is 19.2 Å². The summed E-state index contributed by atoms with van der Waals surface area (Å²) in [6, 6.07) is 6.86. The summed E-state index contributed by atoms with van der Waals surface area (Å²) in [6.07, 6.45) is 4.57. The number of likely N-dealkylation sites (tertiary alicyclic amines) is 1. The van der Waals surface area contributed by atoms with Crippen molar-refractivity contribution in [2.24, 2.45) is 17.8 Å². The molecule has 49 heavy (non-hydrogen) atoms. The fourth-order valence-electron chi connectivity index (χ4n) is 8.07. The number of allylic oxidation sites excluding steroid dienone is 1. The molecule has 3 fully saturated rings. The number of ether oxygens (including phenoxy) is 2. The molecule has 0 saturated carbocycles. The number of amides is 3. The third-order valence-electron chi connectivity index (χ3n) is 10.8. The largest absolute Gasteiger partial charge is 0.455 e. The molecule has 0 aromatic heterocycles. The van der Waals surface area contributed by atoms with E-state index in [0.29, 0.717) is 18.4 Å². The van der Waals surface area contributed by atoms with E-state index in [4.69, 9.17) is 9.47 Å². The number of fused-ring (bicyclic) bond motifs is 1. The van der Waals surface area contributed by atoms with E-state index in [1.807, 2.05) is 58.0 Å². The number of rotatable bonds is 17. The molecule has 3 aliphatic rings. The van der Waals surface area contributed by atoms with Gasteiger partial charge in [-0.25, -0.2) is 0 Å². The lowest BCUT2D eigenvalue weighted by Crippen LogP contribution is -2.61. The van der Waals surface area contributed by atoms with Crippen LogP contribution in [0.25, 0.3) is 0 Å². The minimum atomic E-state index is -1.31. The Hall–Kier alpha value is -3.02. The second kappa shape index (κ2) is 16.3. The minimum Gasteiger partial charge on any atom is -0.455 e. The molecule has 0 aliphatic carbocycles. The van der Waals surface area contributed by atoms with Gasteiger partial charge in [0.05, 0.1) is 36.6 Å². The van der Waals surface area contributed by atoms with Crippen molar-refractivity contribution in [3.63, 3.8) is 0 Å². The Morgan fingerprint density at radius 2 is 1.84 bits per heavy atom. The van der Waals surface area contributed by atoms with E-state index < -0.39 is 59.6 Å². The van der Waals surface area contributed by atoms with Crippen LogP contribution in [-0.2, 0) is 28.7 Å². The van der Waals surface area contributed by atoms with E-state index in [-0.39, 0.29) is 48.2 Å². The van der Waals surface area contributed by atoms with Crippen molar-refractivity contribution < 1.29 is 33.8 Å². The van der Waals surface area contributed by atoms with Crippen LogP contribution in [0.5, 0.6) is 0 Å². The van der Waals surface area contributed by atoms with Crippen LogP contribution in [0.3, 0.4) is 0 Å². The molecular formula is C38H54BrN3O7. The second-order valence-corrected chi connectivity index (χ2v) is 15.3. The van der Waals surface area contributed by atoms with E-state index in [9.17, 15) is 24.3 Å². The molecule has 1 N–H and O–H groups in total. The van der Waals surface area contributed by atoms with Gasteiger partial charge in [0.15, 0.2) is 0 Å². The quantitative estimate of drug-likeness (QED) is 0.135. The Balaban J connectivity index is 1.77. The van der Waals surface area contributed by atoms with E-state index in [0.717, 1.165) is 12.8 Å². The average Bonchev–Trinajstić information content (AvgIpc) is 3.67. The number of nitrogens with zero attached hydrogens (tertiary/aromatic N) is 3. The first-order valence-electron chi connectivity index (χ1n) is 17.6. The second-order valence-electron chi connectivity index (χ2n) is 14.2. The third-order valence-corrected chi connectivity index (χ3v) is 11.6. The number of likely N-dealkylation sites (N-methyl/N-ethyl adjacent to an activating group) is 1. The summed E-state index contributed by atoms with van der Waals surface area (Å²) in [4.78, 5) is 61.6. The molecule has 1 aromatic carbocycles. The van der Waals surface area contributed by atoms with Crippen molar-refractivity contribution >= 4 is 39.6 Å². The van der Waals surface area contributed by atoms with E-state index in [1.165, 1.54) is 4.90 Å². The summed E-state index contributed by atoms with van der Waals surface area (Å²) in [7, 11) is 1.69. The molecule has 10 nitrogen and oxygen atoms in total. The topological polar surface area (TPSA) is 117 Å². The zero-order valence-electron chi connectivity index (χ0n) is 29.8. The Labute approximate surface area is 300 Å². The Bertz CT molecular complexity index is 1370. The van der Waals surface area contributed by atoms with Gasteiger partial charge in [0, 0.05) is 30.9 Å². The van der Waals surface area contributed by atoms with Crippen LogP contribution in [0.4, 0.5) is 0 Å². The summed E-state index contributed by atoms with van der Waals surface area (Å²) < 4.78 is 13.1. The molecule has 3 heterocycles. The fraction of sp³-hybridized carbons (Fsp3) is 0.632. The normalized spacial score (nSPS) is 28.1. The number of carbonyl (C=O) groups excluding carboxylic acids is 4. The summed E-state index contributed by atoms with van der Waals surface area (Å²) in [5, 5.41) is 10.6. The Kier molecular flexibility index (Phi) is 12.9. The first kappa shape index (κ1) is 38.8. The maximum absolute atomic E-state index is 14.8. The number of hydrogen-bond donors (Lipinski definition) is 1. The molecule has 2 bridgehead atoms. The summed E-state index contributed by atoms with van der Waals surface area (Å²) in [5.41, 5.74) is -0.603. The molecule has 3 saturated heterocycles. The van der Waals surface area contributed by atoms with Crippen LogP contribution in [0, 0.1) is 17.8 Å². The average molecular weight is 745 g/mol. The van der Waals surface area contributed by atoms with Gasteiger partial charge in [-0.1, -0.05) is 85.6 Å². The van der Waals surface area contributed by atoms with Crippen molar-refractivity contribution in [3.05, 3.63) is 61.2 Å². The number of halogens is 1.